The molecule has 0 aromatic rings. The first-order chi connectivity index (χ1) is 22.3. The van der Waals surface area contributed by atoms with E-state index in [1.54, 1.807) is 0 Å². The van der Waals surface area contributed by atoms with Crippen molar-refractivity contribution in [3.05, 3.63) is 46.1 Å². The standard InChI is InChI=1S/4C6H8O6.Ca.Sr/c4*7-1-2(8)5-3(9)4(10)6(11)12-5;;/h4*2,5,7-10H,1H2;;/q;;;;2*+2. The Morgan fingerprint density at radius 2 is 0.540 bits per heavy atom. The van der Waals surface area contributed by atoms with Crippen molar-refractivity contribution >= 4 is 107 Å². The van der Waals surface area contributed by atoms with Crippen LogP contribution in [0.15, 0.2) is 46.1 Å². The number of cyclic esters (lactones) is 4. The van der Waals surface area contributed by atoms with Crippen LogP contribution in [-0.4, -0.2) is 264 Å². The molecule has 0 aromatic carbocycles. The van der Waals surface area contributed by atoms with Crippen LogP contribution in [0.3, 0.4) is 0 Å². The SMILES string of the molecule is O=C1OC(C(O)CO)C(O)=C1O.O=C1OC(C(O)CO)C(O)=C1O.O=C1OC(C(O)CO)C(O)=C1O.O=C1OC(C(O)CO)C(O)=C1O.[Ca+2].[Sr+2]. The molecule has 0 fully saturated rings. The van der Waals surface area contributed by atoms with E-state index in [0.29, 0.717) is 0 Å². The predicted molar refractivity (Wildman–Crippen MR) is 153 cm³/mol. The predicted octanol–water partition coefficient (Wildman–Crippen LogP) is -6.39. The molecule has 8 atom stereocenters. The van der Waals surface area contributed by atoms with E-state index < -0.39 is 145 Å². The van der Waals surface area contributed by atoms with Crippen LogP contribution in [0.2, 0.25) is 0 Å². The van der Waals surface area contributed by atoms with Gasteiger partial charge >= 0.3 is 107 Å². The molecule has 4 heterocycles. The van der Waals surface area contributed by atoms with Crippen LogP contribution in [0.5, 0.6) is 0 Å². The van der Waals surface area contributed by atoms with Gasteiger partial charge in [-0.05, 0) is 0 Å². The molecule has 272 valence electrons. The van der Waals surface area contributed by atoms with Gasteiger partial charge in [0.15, 0.2) is 47.5 Å². The average molecular weight is 832 g/mol. The zero-order chi connectivity index (χ0) is 37.2. The molecule has 0 saturated carbocycles. The molecule has 0 bridgehead atoms. The fourth-order valence-electron chi connectivity index (χ4n) is 3.29. The quantitative estimate of drug-likeness (QED) is 0.0614. The summed E-state index contributed by atoms with van der Waals surface area (Å²) in [6.07, 6.45) is -11.1. The Hall–Kier alpha value is -2.34. The van der Waals surface area contributed by atoms with Crippen molar-refractivity contribution in [1.29, 1.82) is 0 Å². The van der Waals surface area contributed by atoms with Crippen molar-refractivity contribution < 1.29 is 120 Å². The van der Waals surface area contributed by atoms with Crippen LogP contribution in [0.25, 0.3) is 0 Å². The number of hydrogen-bond acceptors (Lipinski definition) is 24. The van der Waals surface area contributed by atoms with Crippen LogP contribution < -0.4 is 0 Å². The zero-order valence-electron chi connectivity index (χ0n) is 25.3. The molecule has 0 aliphatic carbocycles. The molecule has 24 nitrogen and oxygen atoms in total. The number of carbonyl (C=O) groups is 4. The van der Waals surface area contributed by atoms with Crippen LogP contribution >= 0.6 is 0 Å². The van der Waals surface area contributed by atoms with Gasteiger partial charge in [-0.2, -0.15) is 0 Å². The third-order valence-corrected chi connectivity index (χ3v) is 5.90. The van der Waals surface area contributed by atoms with Gasteiger partial charge in [0.1, 0.15) is 24.4 Å². The minimum absolute atomic E-state index is 0. The molecule has 0 saturated heterocycles. The van der Waals surface area contributed by atoms with Crippen LogP contribution in [0, 0.1) is 0 Å². The molecule has 0 radical (unpaired) electrons. The van der Waals surface area contributed by atoms with Gasteiger partial charge in [0, 0.05) is 0 Å². The summed E-state index contributed by atoms with van der Waals surface area (Å²) in [5.41, 5.74) is 0. The van der Waals surface area contributed by atoms with E-state index in [1.807, 2.05) is 0 Å². The molecule has 4 rings (SSSR count). The molecule has 4 aliphatic heterocycles. The number of rotatable bonds is 8. The van der Waals surface area contributed by atoms with Crippen LogP contribution in [-0.2, 0) is 38.1 Å². The molecule has 0 aromatic heterocycles. The number of hydrogen-bond donors (Lipinski definition) is 16. The number of esters is 4. The summed E-state index contributed by atoms with van der Waals surface area (Å²) in [6.45, 7) is -2.69. The molecular formula is C24H32CaO24Sr+4. The fraction of sp³-hybridized carbons (Fsp3) is 0.500. The Morgan fingerprint density at radius 3 is 0.620 bits per heavy atom. The van der Waals surface area contributed by atoms with Gasteiger partial charge in [-0.25, -0.2) is 19.2 Å². The second-order valence-corrected chi connectivity index (χ2v) is 9.24. The van der Waals surface area contributed by atoms with Crippen molar-refractivity contribution in [3.8, 4) is 0 Å². The summed E-state index contributed by atoms with van der Waals surface area (Å²) in [4.78, 5) is 42.1. The molecule has 4 aliphatic rings. The summed E-state index contributed by atoms with van der Waals surface area (Å²) in [6, 6.07) is 0. The summed E-state index contributed by atoms with van der Waals surface area (Å²) in [7, 11) is 0. The maximum Gasteiger partial charge on any atom is 2.00 e. The molecule has 0 amide bonds. The van der Waals surface area contributed by atoms with Crippen molar-refractivity contribution in [2.75, 3.05) is 26.4 Å². The first-order valence-electron chi connectivity index (χ1n) is 12.8. The number of carbonyl (C=O) groups excluding carboxylic acids is 4. The maximum absolute atomic E-state index is 10.5. The summed E-state index contributed by atoms with van der Waals surface area (Å²) in [5, 5.41) is 140. The van der Waals surface area contributed by atoms with Crippen molar-refractivity contribution in [2.45, 2.75) is 48.8 Å². The second-order valence-electron chi connectivity index (χ2n) is 9.24. The Labute approximate surface area is 345 Å². The average Bonchev–Trinajstić information content (AvgIpc) is 3.70. The van der Waals surface area contributed by atoms with Crippen molar-refractivity contribution in [3.63, 3.8) is 0 Å². The molecule has 0 spiro atoms. The van der Waals surface area contributed by atoms with Gasteiger partial charge in [0.2, 0.25) is 23.0 Å². The van der Waals surface area contributed by atoms with Crippen molar-refractivity contribution in [1.82, 2.24) is 0 Å². The smallest absolute Gasteiger partial charge is 0.505 e. The Bertz CT molecular complexity index is 1140. The number of ether oxygens (including phenoxy) is 4. The molecular weight excluding hydrogens is 800 g/mol. The summed E-state index contributed by atoms with van der Waals surface area (Å²) < 4.78 is 17.3. The van der Waals surface area contributed by atoms with Gasteiger partial charge < -0.3 is 101 Å². The molecule has 50 heavy (non-hydrogen) atoms. The van der Waals surface area contributed by atoms with Gasteiger partial charge in [0.05, 0.1) is 26.4 Å². The number of aliphatic hydroxyl groups is 16. The van der Waals surface area contributed by atoms with E-state index in [1.165, 1.54) is 0 Å². The van der Waals surface area contributed by atoms with E-state index in [0.717, 1.165) is 0 Å². The minimum atomic E-state index is -1.42. The van der Waals surface area contributed by atoms with Gasteiger partial charge in [-0.1, -0.05) is 0 Å². The Balaban J connectivity index is 0. The molecule has 26 heteroatoms. The third kappa shape index (κ3) is 12.4. The molecule has 8 unspecified atom stereocenters. The summed E-state index contributed by atoms with van der Waals surface area (Å²) >= 11 is 0. The third-order valence-electron chi connectivity index (χ3n) is 5.90. The van der Waals surface area contributed by atoms with Gasteiger partial charge in [0.25, 0.3) is 0 Å². The van der Waals surface area contributed by atoms with Gasteiger partial charge in [-0.15, -0.1) is 0 Å². The van der Waals surface area contributed by atoms with E-state index in [9.17, 15) is 19.2 Å². The van der Waals surface area contributed by atoms with E-state index in [4.69, 9.17) is 81.7 Å². The topological polar surface area (TPSA) is 429 Å². The fourth-order valence-corrected chi connectivity index (χ4v) is 3.29. The van der Waals surface area contributed by atoms with E-state index in [2.05, 4.69) is 18.9 Å². The molecule has 16 N–H and O–H groups in total. The largest absolute Gasteiger partial charge is 2.00 e. The normalized spacial score (nSPS) is 24.8. The van der Waals surface area contributed by atoms with E-state index in [-0.39, 0.29) is 83.2 Å². The van der Waals surface area contributed by atoms with Crippen molar-refractivity contribution in [2.24, 2.45) is 0 Å². The van der Waals surface area contributed by atoms with Crippen LogP contribution in [0.4, 0.5) is 0 Å². The Kier molecular flexibility index (Phi) is 22.5. The zero-order valence-corrected chi connectivity index (χ0v) is 31.0. The summed E-state index contributed by atoms with van der Waals surface area (Å²) in [5.74, 6) is -11.1. The van der Waals surface area contributed by atoms with E-state index >= 15 is 0 Å². The number of aliphatic hydroxyl groups excluding tert-OH is 16. The van der Waals surface area contributed by atoms with Crippen LogP contribution in [0.1, 0.15) is 0 Å². The second kappa shape index (κ2) is 22.6. The maximum atomic E-state index is 10.5. The Morgan fingerprint density at radius 1 is 0.400 bits per heavy atom. The first kappa shape index (κ1) is 49.8. The van der Waals surface area contributed by atoms with Gasteiger partial charge in [-0.3, -0.25) is 0 Å². The monoisotopic (exact) mass is 832 g/mol. The first-order valence-corrected chi connectivity index (χ1v) is 12.8. The minimum Gasteiger partial charge on any atom is -0.505 e.